The number of carbonyl (C=O) groups is 2. The molecule has 2 aromatic carbocycles. The largest absolute Gasteiger partial charge is 0.414 e. The Hall–Kier alpha value is -3.20. The molecule has 0 spiro atoms. The minimum Gasteiger partial charge on any atom is -0.414 e. The highest BCUT2D eigenvalue weighted by molar-refractivity contribution is 7.99. The molecule has 2 heterocycles. The topological polar surface area (TPSA) is 88.3 Å². The van der Waals surface area contributed by atoms with Crippen molar-refractivity contribution in [3.63, 3.8) is 0 Å². The Morgan fingerprint density at radius 3 is 2.76 bits per heavy atom. The van der Waals surface area contributed by atoms with Crippen LogP contribution >= 0.6 is 11.8 Å². The summed E-state index contributed by atoms with van der Waals surface area (Å²) in [5.74, 6) is -0.406. The molecule has 0 saturated heterocycles. The first-order valence-electron chi connectivity index (χ1n) is 8.97. The fourth-order valence-electron chi connectivity index (χ4n) is 3.03. The van der Waals surface area contributed by atoms with E-state index >= 15 is 0 Å². The van der Waals surface area contributed by atoms with Gasteiger partial charge < -0.3 is 14.6 Å². The molecule has 29 heavy (non-hydrogen) atoms. The molecular weight excluding hydrogens is 395 g/mol. The van der Waals surface area contributed by atoms with Crippen LogP contribution in [0.15, 0.2) is 58.2 Å². The average molecular weight is 412 g/mol. The molecular formula is C20H17FN4O3S. The molecule has 0 atom stereocenters. The fourth-order valence-corrected chi connectivity index (χ4v) is 3.68. The lowest BCUT2D eigenvalue weighted by Crippen LogP contribution is -2.30. The summed E-state index contributed by atoms with van der Waals surface area (Å²) in [5, 5.41) is 10.7. The van der Waals surface area contributed by atoms with E-state index in [1.165, 1.54) is 29.8 Å². The van der Waals surface area contributed by atoms with Crippen LogP contribution in [0, 0.1) is 5.82 Å². The van der Waals surface area contributed by atoms with Gasteiger partial charge in [0.1, 0.15) is 5.82 Å². The van der Waals surface area contributed by atoms with Crippen LogP contribution in [-0.4, -0.2) is 34.3 Å². The molecule has 4 rings (SSSR count). The second-order valence-corrected chi connectivity index (χ2v) is 7.29. The maximum absolute atomic E-state index is 12.9. The molecule has 9 heteroatoms. The molecule has 148 valence electrons. The van der Waals surface area contributed by atoms with Gasteiger partial charge in [-0.25, -0.2) is 4.39 Å². The van der Waals surface area contributed by atoms with E-state index in [2.05, 4.69) is 15.5 Å². The standard InChI is InChI=1S/C20H17FN4O3S/c21-15-7-5-14(6-8-15)19(27)22-11-17-23-24-20(28-17)29-12-18(26)25-10-9-13-3-1-2-4-16(13)25/h1-8H,9-12H2,(H,22,27). The molecule has 0 aliphatic carbocycles. The van der Waals surface area contributed by atoms with E-state index in [-0.39, 0.29) is 35.2 Å². The van der Waals surface area contributed by atoms with Crippen molar-refractivity contribution in [3.8, 4) is 0 Å². The third kappa shape index (κ3) is 4.45. The zero-order chi connectivity index (χ0) is 20.2. The fraction of sp³-hybridized carbons (Fsp3) is 0.200. The van der Waals surface area contributed by atoms with E-state index in [4.69, 9.17) is 4.42 Å². The van der Waals surface area contributed by atoms with Crippen molar-refractivity contribution in [1.29, 1.82) is 0 Å². The summed E-state index contributed by atoms with van der Waals surface area (Å²) >= 11 is 1.16. The Morgan fingerprint density at radius 2 is 1.93 bits per heavy atom. The molecule has 7 nitrogen and oxygen atoms in total. The van der Waals surface area contributed by atoms with E-state index in [9.17, 15) is 14.0 Å². The lowest BCUT2D eigenvalue weighted by atomic mass is 10.2. The van der Waals surface area contributed by atoms with Crippen LogP contribution in [0.4, 0.5) is 10.1 Å². The summed E-state index contributed by atoms with van der Waals surface area (Å²) in [7, 11) is 0. The van der Waals surface area contributed by atoms with Crippen molar-refractivity contribution in [2.24, 2.45) is 0 Å². The van der Waals surface area contributed by atoms with Gasteiger partial charge in [0, 0.05) is 17.8 Å². The number of benzene rings is 2. The minimum absolute atomic E-state index is 0.0238. The smallest absolute Gasteiger partial charge is 0.277 e. The number of nitrogens with zero attached hydrogens (tertiary/aromatic N) is 3. The van der Waals surface area contributed by atoms with Crippen LogP contribution in [0.1, 0.15) is 21.8 Å². The Bertz CT molecular complexity index is 1040. The normalized spacial score (nSPS) is 12.7. The molecule has 0 fully saturated rings. The highest BCUT2D eigenvalue weighted by atomic mass is 32.2. The van der Waals surface area contributed by atoms with E-state index < -0.39 is 5.82 Å². The number of fused-ring (bicyclic) bond motifs is 1. The molecule has 1 N–H and O–H groups in total. The maximum Gasteiger partial charge on any atom is 0.277 e. The predicted molar refractivity (Wildman–Crippen MR) is 105 cm³/mol. The lowest BCUT2D eigenvalue weighted by molar-refractivity contribution is -0.116. The number of thioether (sulfide) groups is 1. The molecule has 3 aromatic rings. The number of carbonyl (C=O) groups excluding carboxylic acids is 2. The third-order valence-electron chi connectivity index (χ3n) is 4.46. The number of hydrogen-bond donors (Lipinski definition) is 1. The quantitative estimate of drug-likeness (QED) is 0.627. The van der Waals surface area contributed by atoms with Gasteiger partial charge in [0.05, 0.1) is 12.3 Å². The van der Waals surface area contributed by atoms with Crippen molar-refractivity contribution in [2.45, 2.75) is 18.2 Å². The monoisotopic (exact) mass is 412 g/mol. The maximum atomic E-state index is 12.9. The van der Waals surface area contributed by atoms with E-state index in [1.54, 1.807) is 4.90 Å². The third-order valence-corrected chi connectivity index (χ3v) is 5.27. The van der Waals surface area contributed by atoms with Gasteiger partial charge in [0.2, 0.25) is 11.8 Å². The van der Waals surface area contributed by atoms with Gasteiger partial charge in [-0.2, -0.15) is 0 Å². The number of amides is 2. The average Bonchev–Trinajstić information content (AvgIpc) is 3.38. The van der Waals surface area contributed by atoms with Gasteiger partial charge in [-0.15, -0.1) is 10.2 Å². The molecule has 0 unspecified atom stereocenters. The summed E-state index contributed by atoms with van der Waals surface area (Å²) in [5.41, 5.74) is 2.45. The molecule has 1 aliphatic heterocycles. The van der Waals surface area contributed by atoms with Crippen LogP contribution in [0.5, 0.6) is 0 Å². The molecule has 1 aromatic heterocycles. The second-order valence-electron chi connectivity index (χ2n) is 6.36. The Morgan fingerprint density at radius 1 is 1.14 bits per heavy atom. The van der Waals surface area contributed by atoms with Crippen LogP contribution in [0.3, 0.4) is 0 Å². The van der Waals surface area contributed by atoms with Crippen LogP contribution in [0.25, 0.3) is 0 Å². The number of rotatable bonds is 6. The number of anilines is 1. The predicted octanol–water partition coefficient (Wildman–Crippen LogP) is 2.82. The van der Waals surface area contributed by atoms with Crippen molar-refractivity contribution < 1.29 is 18.4 Å². The summed E-state index contributed by atoms with van der Waals surface area (Å²) < 4.78 is 18.4. The summed E-state index contributed by atoms with van der Waals surface area (Å²) in [6, 6.07) is 13.1. The summed E-state index contributed by atoms with van der Waals surface area (Å²) in [4.78, 5) is 26.3. The van der Waals surface area contributed by atoms with Gasteiger partial charge in [0.25, 0.3) is 11.1 Å². The highest BCUT2D eigenvalue weighted by Gasteiger charge is 2.24. The summed E-state index contributed by atoms with van der Waals surface area (Å²) in [6.45, 7) is 0.709. The Labute approximate surface area is 170 Å². The van der Waals surface area contributed by atoms with Gasteiger partial charge in [-0.3, -0.25) is 9.59 Å². The van der Waals surface area contributed by atoms with Crippen molar-refractivity contribution in [1.82, 2.24) is 15.5 Å². The van der Waals surface area contributed by atoms with Crippen LogP contribution in [0.2, 0.25) is 0 Å². The minimum atomic E-state index is -0.410. The van der Waals surface area contributed by atoms with E-state index in [0.717, 1.165) is 23.9 Å². The van der Waals surface area contributed by atoms with Crippen LogP contribution in [-0.2, 0) is 17.8 Å². The molecule has 0 radical (unpaired) electrons. The van der Waals surface area contributed by atoms with Gasteiger partial charge >= 0.3 is 0 Å². The molecule has 1 aliphatic rings. The number of hydrogen-bond acceptors (Lipinski definition) is 6. The number of nitrogens with one attached hydrogen (secondary N) is 1. The molecule has 0 bridgehead atoms. The zero-order valence-electron chi connectivity index (χ0n) is 15.3. The van der Waals surface area contributed by atoms with Crippen molar-refractivity contribution >= 4 is 29.3 Å². The van der Waals surface area contributed by atoms with Gasteiger partial charge in [0.15, 0.2) is 0 Å². The number of halogens is 1. The zero-order valence-corrected chi connectivity index (χ0v) is 16.1. The Kier molecular flexibility index (Phi) is 5.57. The first-order chi connectivity index (χ1) is 14.1. The molecule has 0 saturated carbocycles. The van der Waals surface area contributed by atoms with Crippen LogP contribution < -0.4 is 10.2 Å². The second kappa shape index (κ2) is 8.44. The first kappa shape index (κ1) is 19.1. The van der Waals surface area contributed by atoms with Crippen molar-refractivity contribution in [3.05, 3.63) is 71.4 Å². The van der Waals surface area contributed by atoms with Gasteiger partial charge in [-0.1, -0.05) is 30.0 Å². The lowest BCUT2D eigenvalue weighted by Gasteiger charge is -2.16. The summed E-state index contributed by atoms with van der Waals surface area (Å²) in [6.07, 6.45) is 0.852. The molecule has 2 amide bonds. The van der Waals surface area contributed by atoms with E-state index in [0.29, 0.717) is 12.1 Å². The van der Waals surface area contributed by atoms with Gasteiger partial charge in [-0.05, 0) is 42.3 Å². The Balaban J connectivity index is 1.28. The first-order valence-corrected chi connectivity index (χ1v) is 9.96. The van der Waals surface area contributed by atoms with E-state index in [1.807, 2.05) is 24.3 Å². The number of aromatic nitrogens is 2. The SMILES string of the molecule is O=C(NCc1nnc(SCC(=O)N2CCc3ccccc32)o1)c1ccc(F)cc1. The highest BCUT2D eigenvalue weighted by Crippen LogP contribution is 2.28. The number of para-hydroxylation sites is 1. The van der Waals surface area contributed by atoms with Crippen molar-refractivity contribution in [2.75, 3.05) is 17.2 Å².